The Hall–Kier alpha value is -4.79. The number of carbonyl (C=O) groups is 3. The molecule has 3 rings (SSSR count). The number of ether oxygens (including phenoxy) is 6. The van der Waals surface area contributed by atoms with E-state index in [2.05, 4.69) is 35.9 Å². The van der Waals surface area contributed by atoms with Crippen LogP contribution in [0.25, 0.3) is 11.2 Å². The Bertz CT molecular complexity index is 1580. The van der Waals surface area contributed by atoms with Crippen LogP contribution in [0.3, 0.4) is 0 Å². The lowest BCUT2D eigenvalue weighted by atomic mass is 10.1. The third-order valence-corrected chi connectivity index (χ3v) is 7.00. The average Bonchev–Trinajstić information content (AvgIpc) is 3.13. The lowest BCUT2D eigenvalue weighted by Gasteiger charge is -2.15. The van der Waals surface area contributed by atoms with Crippen molar-refractivity contribution in [3.05, 3.63) is 52.1 Å². The zero-order valence-corrected chi connectivity index (χ0v) is 29.2. The molecular weight excluding hydrogens is 684 g/mol. The van der Waals surface area contributed by atoms with Crippen molar-refractivity contribution in [2.75, 3.05) is 96.9 Å². The van der Waals surface area contributed by atoms with Crippen LogP contribution in [0.2, 0.25) is 0 Å². The molecule has 286 valence electrons. The maximum absolute atomic E-state index is 12.7. The Kier molecular flexibility index (Phi) is 19.5. The Labute approximate surface area is 300 Å². The first-order valence-electron chi connectivity index (χ1n) is 16.9. The van der Waals surface area contributed by atoms with E-state index in [-0.39, 0.29) is 61.1 Å². The number of nitrogen functional groups attached to an aromatic ring is 1. The number of aromatic amines is 1. The van der Waals surface area contributed by atoms with Crippen LogP contribution in [0.4, 0.5) is 11.6 Å². The number of hydrogen-bond acceptors (Lipinski definition) is 15. The molecule has 2 aromatic heterocycles. The summed E-state index contributed by atoms with van der Waals surface area (Å²) in [4.78, 5) is 63.5. The molecule has 52 heavy (non-hydrogen) atoms. The van der Waals surface area contributed by atoms with E-state index in [0.717, 1.165) is 0 Å². The summed E-state index contributed by atoms with van der Waals surface area (Å²) in [7, 11) is 0. The molecule has 0 aliphatic rings. The molecule has 0 saturated heterocycles. The van der Waals surface area contributed by atoms with E-state index in [9.17, 15) is 24.3 Å². The van der Waals surface area contributed by atoms with Crippen molar-refractivity contribution in [3.63, 3.8) is 0 Å². The van der Waals surface area contributed by atoms with Crippen LogP contribution in [-0.4, -0.2) is 135 Å². The third kappa shape index (κ3) is 16.5. The summed E-state index contributed by atoms with van der Waals surface area (Å²) in [5.41, 5.74) is 6.55. The van der Waals surface area contributed by atoms with Gasteiger partial charge in [0.2, 0.25) is 11.9 Å². The van der Waals surface area contributed by atoms with Crippen LogP contribution in [0.15, 0.2) is 35.3 Å². The first-order chi connectivity index (χ1) is 25.3. The monoisotopic (exact) mass is 732 g/mol. The molecule has 19 nitrogen and oxygen atoms in total. The van der Waals surface area contributed by atoms with Crippen LogP contribution < -0.4 is 27.2 Å². The summed E-state index contributed by atoms with van der Waals surface area (Å²) in [6, 6.07) is 5.04. The van der Waals surface area contributed by atoms with Crippen molar-refractivity contribution in [1.82, 2.24) is 30.6 Å². The second-order valence-electron chi connectivity index (χ2n) is 10.9. The first-order valence-corrected chi connectivity index (χ1v) is 16.9. The van der Waals surface area contributed by atoms with Crippen molar-refractivity contribution in [1.29, 1.82) is 0 Å². The molecule has 2 amide bonds. The molecule has 0 spiro atoms. The molecule has 0 radical (unpaired) electrons. The van der Waals surface area contributed by atoms with Crippen molar-refractivity contribution < 1.29 is 47.9 Å². The van der Waals surface area contributed by atoms with Gasteiger partial charge in [-0.3, -0.25) is 19.4 Å². The number of carboxylic acids is 1. The smallest absolute Gasteiger partial charge is 0.326 e. The topological polar surface area (TPSA) is 260 Å². The maximum atomic E-state index is 12.7. The van der Waals surface area contributed by atoms with Crippen molar-refractivity contribution in [2.45, 2.75) is 32.4 Å². The zero-order valence-electron chi connectivity index (χ0n) is 29.2. The van der Waals surface area contributed by atoms with Crippen molar-refractivity contribution in [3.8, 4) is 0 Å². The van der Waals surface area contributed by atoms with Crippen LogP contribution >= 0.6 is 0 Å². The maximum Gasteiger partial charge on any atom is 0.326 e. The predicted molar refractivity (Wildman–Crippen MR) is 188 cm³/mol. The molecule has 1 unspecified atom stereocenters. The van der Waals surface area contributed by atoms with Gasteiger partial charge in [-0.15, -0.1) is 0 Å². The summed E-state index contributed by atoms with van der Waals surface area (Å²) in [5, 5.41) is 17.8. The minimum Gasteiger partial charge on any atom is -0.480 e. The van der Waals surface area contributed by atoms with Crippen LogP contribution in [-0.2, 0) is 44.6 Å². The van der Waals surface area contributed by atoms with Gasteiger partial charge in [-0.1, -0.05) is 0 Å². The second kappa shape index (κ2) is 24.4. The van der Waals surface area contributed by atoms with Gasteiger partial charge >= 0.3 is 5.97 Å². The van der Waals surface area contributed by atoms with Crippen LogP contribution in [0.1, 0.15) is 35.8 Å². The van der Waals surface area contributed by atoms with Gasteiger partial charge < -0.3 is 55.2 Å². The number of H-pyrrole nitrogens is 1. The molecule has 0 bridgehead atoms. The third-order valence-electron chi connectivity index (χ3n) is 7.00. The Balaban J connectivity index is 1.21. The Morgan fingerprint density at radius 2 is 1.42 bits per heavy atom. The highest BCUT2D eigenvalue weighted by Gasteiger charge is 2.22. The van der Waals surface area contributed by atoms with Crippen molar-refractivity contribution in [2.24, 2.45) is 0 Å². The number of carboxylic acid groups (broad SMARTS) is 1. The lowest BCUT2D eigenvalue weighted by Crippen LogP contribution is -2.41. The number of fused-ring (bicyclic) bond motifs is 1. The van der Waals surface area contributed by atoms with Gasteiger partial charge in [-0.2, -0.15) is 4.98 Å². The van der Waals surface area contributed by atoms with Crippen LogP contribution in [0, 0.1) is 0 Å². The highest BCUT2D eigenvalue weighted by atomic mass is 16.6. The van der Waals surface area contributed by atoms with E-state index < -0.39 is 23.5 Å². The molecule has 7 N–H and O–H groups in total. The molecule has 0 saturated carbocycles. The number of nitrogens with zero attached hydrogens (tertiary/aromatic N) is 3. The normalized spacial score (nSPS) is 11.7. The summed E-state index contributed by atoms with van der Waals surface area (Å²) in [6.45, 7) is 7.94. The number of nitrogens with two attached hydrogens (primary N) is 1. The number of amides is 2. The summed E-state index contributed by atoms with van der Waals surface area (Å²) in [6.07, 6.45) is 1.25. The van der Waals surface area contributed by atoms with Crippen LogP contribution in [0.5, 0.6) is 0 Å². The van der Waals surface area contributed by atoms with E-state index in [1.807, 2.05) is 6.92 Å². The van der Waals surface area contributed by atoms with Crippen molar-refractivity contribution >= 4 is 40.6 Å². The van der Waals surface area contributed by atoms with E-state index in [1.54, 1.807) is 12.1 Å². The fourth-order valence-electron chi connectivity index (χ4n) is 4.36. The molecule has 2 heterocycles. The number of rotatable bonds is 28. The van der Waals surface area contributed by atoms with Gasteiger partial charge in [-0.05, 0) is 37.6 Å². The fourth-order valence-corrected chi connectivity index (χ4v) is 4.36. The van der Waals surface area contributed by atoms with Gasteiger partial charge in [0.25, 0.3) is 11.5 Å². The number of anilines is 2. The quantitative estimate of drug-likeness (QED) is 0.0541. The number of carbonyl (C=O) groups excluding carboxylic acids is 2. The predicted octanol–water partition coefficient (Wildman–Crippen LogP) is 0.106. The standard InChI is InChI=1S/C33H48N8O11/c1-2-47-11-12-49-15-16-51-19-20-52-18-17-50-14-13-48-10-9-35-27(42)8-7-26(32(45)46)39-30(43)23-3-5-24(6-4-23)36-21-25-22-37-29-28(38-25)31(44)41-33(34)40-29/h3-6,22,26,36H,2,7-21H2,1H3,(H,35,42)(H,39,43)(H,45,46)(H3,34,37,40,41,44). The molecule has 1 aromatic carbocycles. The number of aliphatic carboxylic acids is 1. The number of hydrogen-bond donors (Lipinski definition) is 6. The molecular formula is C33H48N8O11. The Morgan fingerprint density at radius 3 is 2.00 bits per heavy atom. The SMILES string of the molecule is CCOCCOCCOCCOCCOCCOCCNC(=O)CCC(NC(=O)c1ccc(NCc2cnc3nc(N)[nH]c(=O)c3n2)cc1)C(=O)O. The number of benzene rings is 1. The number of aromatic nitrogens is 4. The summed E-state index contributed by atoms with van der Waals surface area (Å²) < 4.78 is 32.2. The van der Waals surface area contributed by atoms with Gasteiger partial charge in [-0.25, -0.2) is 14.8 Å². The minimum absolute atomic E-state index is 0.0539. The second-order valence-corrected chi connectivity index (χ2v) is 10.9. The summed E-state index contributed by atoms with van der Waals surface area (Å²) in [5.74, 6) is -2.29. The highest BCUT2D eigenvalue weighted by Crippen LogP contribution is 2.12. The Morgan fingerprint density at radius 1 is 0.846 bits per heavy atom. The van der Waals surface area contributed by atoms with Gasteiger partial charge in [0.1, 0.15) is 6.04 Å². The largest absolute Gasteiger partial charge is 0.480 e. The van der Waals surface area contributed by atoms with E-state index in [4.69, 9.17) is 34.2 Å². The van der Waals surface area contributed by atoms with Gasteiger partial charge in [0, 0.05) is 30.8 Å². The number of nitrogens with one attached hydrogen (secondary N) is 4. The van der Waals surface area contributed by atoms with E-state index in [0.29, 0.717) is 84.1 Å². The van der Waals surface area contributed by atoms with Gasteiger partial charge in [0.15, 0.2) is 11.2 Å². The molecule has 19 heteroatoms. The summed E-state index contributed by atoms with van der Waals surface area (Å²) >= 11 is 0. The highest BCUT2D eigenvalue weighted by molar-refractivity contribution is 5.97. The minimum atomic E-state index is -1.27. The van der Waals surface area contributed by atoms with Gasteiger partial charge in [0.05, 0.1) is 91.1 Å². The first kappa shape index (κ1) is 41.6. The fraction of sp³-hybridized carbons (Fsp3) is 0.545. The van der Waals surface area contributed by atoms with E-state index in [1.165, 1.54) is 18.3 Å². The molecule has 1 atom stereocenters. The molecule has 0 fully saturated rings. The molecule has 3 aromatic rings. The van der Waals surface area contributed by atoms with E-state index >= 15 is 0 Å². The zero-order chi connectivity index (χ0) is 37.4. The lowest BCUT2D eigenvalue weighted by molar-refractivity contribution is -0.139. The molecule has 0 aliphatic heterocycles. The molecule has 0 aliphatic carbocycles. The average molecular weight is 733 g/mol.